The topological polar surface area (TPSA) is 356 Å². The van der Waals surface area contributed by atoms with Gasteiger partial charge in [-0.1, -0.05) is 283 Å². The van der Waals surface area contributed by atoms with Gasteiger partial charge in [-0.2, -0.15) is 0 Å². The van der Waals surface area contributed by atoms with Crippen LogP contribution >= 0.6 is 136 Å². The molecule has 0 saturated heterocycles. The molecule has 34 heteroatoms. The highest BCUT2D eigenvalue weighted by atomic mass is 127. The zero-order valence-corrected chi connectivity index (χ0v) is 86.3. The molecule has 0 aliphatic rings. The van der Waals surface area contributed by atoms with E-state index >= 15 is 0 Å². The third kappa shape index (κ3) is 49.2. The van der Waals surface area contributed by atoms with Gasteiger partial charge in [0, 0.05) is 54.3 Å². The largest absolute Gasteiger partial charge is 0.507 e. The minimum Gasteiger partial charge on any atom is -0.507 e. The van der Waals surface area contributed by atoms with E-state index in [9.17, 15) is 38.7 Å². The van der Waals surface area contributed by atoms with Gasteiger partial charge in [0.2, 0.25) is 0 Å². The van der Waals surface area contributed by atoms with E-state index in [-0.39, 0.29) is 62.8 Å². The number of rotatable bonds is 37. The number of ether oxygens (including phenoxy) is 7. The van der Waals surface area contributed by atoms with Crippen LogP contribution in [0.25, 0.3) is 11.1 Å². The number of aliphatic hydroxyl groups excluding tert-OH is 1. The second kappa shape index (κ2) is 72.5. The molecular weight excluding hydrogens is 2110 g/mol. The fourth-order valence-corrected chi connectivity index (χ4v) is 13.6. The number of hydrogen-bond acceptors (Lipinski definition) is 19. The third-order valence-electron chi connectivity index (χ3n) is 18.1. The summed E-state index contributed by atoms with van der Waals surface area (Å²) in [5.41, 5.74) is 12.6. The molecule has 10 aromatic rings. The van der Waals surface area contributed by atoms with E-state index in [1.165, 1.54) is 105 Å². The van der Waals surface area contributed by atoms with Crippen molar-refractivity contribution in [2.24, 2.45) is 5.73 Å². The van der Waals surface area contributed by atoms with Crippen molar-refractivity contribution in [3.63, 3.8) is 0 Å². The summed E-state index contributed by atoms with van der Waals surface area (Å²) in [6.07, 6.45) is 15.4. The summed E-state index contributed by atoms with van der Waals surface area (Å²) in [4.78, 5) is 80.7. The molecule has 2 amide bonds. The van der Waals surface area contributed by atoms with Crippen molar-refractivity contribution in [2.45, 2.75) is 138 Å². The smallest absolute Gasteiger partial charge is 0.488 e. The first-order chi connectivity index (χ1) is 63.8. The number of aromatic hydroxyl groups is 1. The monoisotopic (exact) mass is 2220 g/mol. The van der Waals surface area contributed by atoms with E-state index in [1.54, 1.807) is 78.9 Å². The molecule has 10 N–H and O–H groups in total. The van der Waals surface area contributed by atoms with Crippen LogP contribution in [0.1, 0.15) is 208 Å². The number of alkyl halides is 1. The molecule has 0 atom stereocenters. The maximum atomic E-state index is 12.8. The quantitative estimate of drug-likeness (QED) is 0.00436. The minimum atomic E-state index is -1.60. The van der Waals surface area contributed by atoms with Crippen LogP contribution in [0.4, 0.5) is 0 Å². The molecule has 0 bridgehead atoms. The number of carbonyl (C=O) groups is 7. The summed E-state index contributed by atoms with van der Waals surface area (Å²) >= 11 is 50.2. The zero-order valence-electron chi connectivity index (χ0n) is 75.6. The lowest BCUT2D eigenvalue weighted by Crippen LogP contribution is -2.29. The van der Waals surface area contributed by atoms with Crippen LogP contribution in [0.15, 0.2) is 209 Å². The molecule has 0 aliphatic heterocycles. The number of aromatic carboxylic acids is 2. The summed E-state index contributed by atoms with van der Waals surface area (Å²) in [7, 11) is 3.22. The fourth-order valence-electron chi connectivity index (χ4n) is 10.9. The van der Waals surface area contributed by atoms with Gasteiger partial charge < -0.3 is 80.0 Å². The Kier molecular flexibility index (Phi) is 66.6. The van der Waals surface area contributed by atoms with Gasteiger partial charge >= 0.3 is 37.0 Å². The van der Waals surface area contributed by atoms with Crippen LogP contribution in [0.5, 0.6) is 28.7 Å². The maximum Gasteiger partial charge on any atom is 0.488 e. The van der Waals surface area contributed by atoms with E-state index in [0.29, 0.717) is 111 Å². The van der Waals surface area contributed by atoms with E-state index in [4.69, 9.17) is 131 Å². The number of nitrogens with one attached hydrogen (secondary N) is 2. The number of carboxylic acid groups (broad SMARTS) is 2. The van der Waals surface area contributed by atoms with E-state index in [2.05, 4.69) is 119 Å². The maximum absolute atomic E-state index is 12.8. The van der Waals surface area contributed by atoms with Crippen LogP contribution < -0.4 is 40.8 Å². The second-order valence-electron chi connectivity index (χ2n) is 28.2. The first kappa shape index (κ1) is 123. The minimum absolute atomic E-state index is 0. The Morgan fingerprint density at radius 1 is 0.381 bits per heavy atom. The molecule has 0 saturated carbocycles. The normalized spacial score (nSPS) is 9.93. The van der Waals surface area contributed by atoms with Gasteiger partial charge in [-0.05, 0) is 235 Å². The average molecular weight is 2230 g/mol. The molecule has 10 aromatic carbocycles. The number of carboxylic acids is 2. The summed E-state index contributed by atoms with van der Waals surface area (Å²) in [5, 5.41) is 60.3. The molecule has 0 radical (unpaired) electrons. The van der Waals surface area contributed by atoms with Gasteiger partial charge in [-0.25, -0.2) is 24.0 Å². The molecule has 0 fully saturated rings. The first-order valence-corrected chi connectivity index (χ1v) is 48.2. The van der Waals surface area contributed by atoms with Gasteiger partial charge in [0.15, 0.2) is 0 Å². The lowest BCUT2D eigenvalue weighted by molar-refractivity contribution is 0.0587. The van der Waals surface area contributed by atoms with Gasteiger partial charge in [-0.15, -0.1) is 0 Å². The van der Waals surface area contributed by atoms with Crippen LogP contribution in [0, 0.1) is 0 Å². The fraction of sp³-hybridized carbons (Fsp3) is 0.330. The number of unbranched alkanes of at least 4 members (excludes halogenated alkanes) is 7. The van der Waals surface area contributed by atoms with Crippen molar-refractivity contribution >= 4 is 190 Å². The highest BCUT2D eigenvalue weighted by Crippen LogP contribution is 2.31. The predicted octanol–water partition coefficient (Wildman–Crippen LogP) is 25.1. The molecule has 10 rings (SSSR count). The number of esters is 3. The molecule has 0 aliphatic carbocycles. The number of phenolic OH excluding ortho intramolecular Hbond substituents is 1. The standard InChI is InChI=1S/C28H29Cl2NO4.C19H21BrClNO2.C12H15ClO3.C11H13ClO3.C8H8BClO4.C8H10BrN.C8H7ClO3.C4H9I.CH4O.CH4/c1-2-3-4-5-16-35-26-13-11-22(29)18-24(26)27(32)31-15-14-19-6-8-20(9-7-19)21-10-12-23(28(33)34)25(30)17-21;1-2-3-12-24-18-9-8-16(21)13-17(18)19(23)22-11-10-14-4-6-15(20)7-5-14;1-3-4-7-16-11-6-5-9(13)8-10(11)12(14)15-2;1-2-3-6-15-10-5-4-8(12)7-9(10)11(13)14;1-14-8(11)6-3-2-5(9(12)13)4-7(6)10;9-8-3-1-7(2-4-8)5-6-10;1-12-8(11)6-4-5(9)2-3-7(6)10;1-2-3-4-5;1-2;/h6-13,17-18H,2-5,14-16H2,1H3,(H,31,32)(H,33,34);4-9,13H,2-3,10-12H2,1H3,(H,22,23);5-6,8H,3-4,7H2,1-2H3;4-5,7H,2-3,6H2,1H3,(H,13,14);2-4,12-13H,1H3;1-4H,5-6,10H2;2-4,10H,1H3;2-4H2,1H3;2H,1H3;1H4. The van der Waals surface area contributed by atoms with Crippen molar-refractivity contribution in [2.75, 3.05) is 78.9 Å². The second-order valence-corrected chi connectivity index (χ2v) is 34.1. The van der Waals surface area contributed by atoms with Crippen LogP contribution in [-0.2, 0) is 33.5 Å². The van der Waals surface area contributed by atoms with Gasteiger partial charge in [0.05, 0.1) is 80.1 Å². The number of nitrogens with two attached hydrogens (primary N) is 1. The van der Waals surface area contributed by atoms with E-state index < -0.39 is 37.0 Å². The lowest BCUT2D eigenvalue weighted by Gasteiger charge is -2.12. The number of methoxy groups -OCH3 is 3. The molecule has 728 valence electrons. The SMILES string of the molecule is C.CCCCCCOc1ccc(Cl)cc1C(=O)NCCc1ccc(-c2ccc(C(=O)O)c(Cl)c2)cc1.CCCCI.CCCCOc1ccc(Cl)cc1C(=O)NCCc1ccc(Br)cc1.CCCCOc1ccc(Cl)cc1C(=O)O.CCCCOc1ccc(Cl)cc1C(=O)OC.CO.COC(=O)c1cc(Cl)ccc1O.COC(=O)c1ccc(B(O)O)cc1Cl.NCCc1ccc(Br)cc1. The lowest BCUT2D eigenvalue weighted by atomic mass is 9.80. The Balaban J connectivity index is 0.000000802. The average Bonchev–Trinajstić information content (AvgIpc) is 0.830. The zero-order chi connectivity index (χ0) is 99.2. The summed E-state index contributed by atoms with van der Waals surface area (Å²) < 4.78 is 39.4. The van der Waals surface area contributed by atoms with Crippen molar-refractivity contribution in [3.05, 3.63) is 300 Å². The number of hydrogen-bond donors (Lipinski definition) is 9. The molecule has 23 nitrogen and oxygen atoms in total. The number of amides is 2. The first-order valence-electron chi connectivity index (χ1n) is 42.5. The Morgan fingerprint density at radius 2 is 0.716 bits per heavy atom. The number of aliphatic hydroxyl groups is 1. The van der Waals surface area contributed by atoms with E-state index in [1.807, 2.05) is 67.6 Å². The summed E-state index contributed by atoms with van der Waals surface area (Å²) in [5.74, 6) is -2.18. The van der Waals surface area contributed by atoms with Gasteiger partial charge in [-0.3, -0.25) is 9.59 Å². The van der Waals surface area contributed by atoms with E-state index in [0.717, 1.165) is 110 Å². The van der Waals surface area contributed by atoms with Crippen molar-refractivity contribution in [1.82, 2.24) is 10.6 Å². The Morgan fingerprint density at radius 3 is 1.09 bits per heavy atom. The third-order valence-corrected chi connectivity index (χ3v) is 21.7. The Bertz CT molecular complexity index is 5150. The van der Waals surface area contributed by atoms with Crippen LogP contribution in [0.2, 0.25) is 35.2 Å². The van der Waals surface area contributed by atoms with Crippen LogP contribution in [0.3, 0.4) is 0 Å². The number of benzene rings is 10. The Labute approximate surface area is 853 Å². The Hall–Kier alpha value is -8.89. The molecular formula is C100H120BBr2Cl7IN3O20. The van der Waals surface area contributed by atoms with Crippen LogP contribution in [-0.4, -0.2) is 158 Å². The predicted molar refractivity (Wildman–Crippen MR) is 558 cm³/mol. The van der Waals surface area contributed by atoms with Crippen molar-refractivity contribution in [3.8, 4) is 39.9 Å². The molecule has 0 spiro atoms. The highest BCUT2D eigenvalue weighted by molar-refractivity contribution is 14.1. The number of phenols is 1. The van der Waals surface area contributed by atoms with Crippen molar-refractivity contribution < 1.29 is 97.2 Å². The molecule has 0 aromatic heterocycles. The number of carbonyl (C=O) groups excluding carboxylic acids is 5. The highest BCUT2D eigenvalue weighted by Gasteiger charge is 2.21. The molecule has 0 heterocycles. The summed E-state index contributed by atoms with van der Waals surface area (Å²) in [6, 6.07) is 57.0. The molecule has 134 heavy (non-hydrogen) atoms. The van der Waals surface area contributed by atoms with Gasteiger partial charge in [0.1, 0.15) is 45.4 Å². The molecule has 0 unspecified atom stereocenters. The van der Waals surface area contributed by atoms with Gasteiger partial charge in [0.25, 0.3) is 11.8 Å². The summed E-state index contributed by atoms with van der Waals surface area (Å²) in [6.45, 7) is 14.6. The van der Waals surface area contributed by atoms with Crippen molar-refractivity contribution in [1.29, 1.82) is 0 Å². The number of halogens is 10.